The van der Waals surface area contributed by atoms with E-state index < -0.39 is 11.9 Å². The van der Waals surface area contributed by atoms with Crippen LogP contribution < -0.4 is 10.9 Å². The maximum absolute atomic E-state index is 12.4. The molecule has 1 aromatic carbocycles. The summed E-state index contributed by atoms with van der Waals surface area (Å²) in [7, 11) is 1.26. The van der Waals surface area contributed by atoms with Gasteiger partial charge < -0.3 is 10.1 Å². The SMILES string of the molecule is COC(=O)c1nc(NC(=O)Cn2cnc3ccccc3c2=O)sc1C. The molecule has 3 aromatic rings. The summed E-state index contributed by atoms with van der Waals surface area (Å²) in [5.74, 6) is -1.01. The summed E-state index contributed by atoms with van der Waals surface area (Å²) in [6, 6.07) is 6.91. The number of aryl methyl sites for hydroxylation is 1. The molecule has 0 saturated heterocycles. The number of carbonyl (C=O) groups is 2. The number of carbonyl (C=O) groups excluding carboxylic acids is 2. The van der Waals surface area contributed by atoms with Crippen molar-refractivity contribution in [1.29, 1.82) is 0 Å². The zero-order valence-corrected chi connectivity index (χ0v) is 14.3. The first-order valence-electron chi connectivity index (χ1n) is 7.29. The predicted octanol–water partition coefficient (Wildman–Crippen LogP) is 1.59. The normalized spacial score (nSPS) is 10.6. The average Bonchev–Trinajstić information content (AvgIpc) is 2.97. The lowest BCUT2D eigenvalue weighted by atomic mass is 10.2. The van der Waals surface area contributed by atoms with Gasteiger partial charge in [0.2, 0.25) is 5.91 Å². The van der Waals surface area contributed by atoms with Crippen LogP contribution in [0.2, 0.25) is 0 Å². The van der Waals surface area contributed by atoms with Crippen molar-refractivity contribution in [3.8, 4) is 0 Å². The molecule has 0 fully saturated rings. The number of methoxy groups -OCH3 is 1. The number of fused-ring (bicyclic) bond motifs is 1. The lowest BCUT2D eigenvalue weighted by Gasteiger charge is -2.06. The van der Waals surface area contributed by atoms with Crippen molar-refractivity contribution in [3.63, 3.8) is 0 Å². The monoisotopic (exact) mass is 358 g/mol. The Morgan fingerprint density at radius 3 is 2.84 bits per heavy atom. The van der Waals surface area contributed by atoms with E-state index in [1.54, 1.807) is 31.2 Å². The molecule has 0 aliphatic rings. The summed E-state index contributed by atoms with van der Waals surface area (Å²) in [6.45, 7) is 1.50. The van der Waals surface area contributed by atoms with Crippen molar-refractivity contribution in [2.24, 2.45) is 0 Å². The number of aromatic nitrogens is 3. The van der Waals surface area contributed by atoms with Gasteiger partial charge in [0.05, 0.1) is 24.3 Å². The Labute approximate surface area is 146 Å². The highest BCUT2D eigenvalue weighted by molar-refractivity contribution is 7.16. The first kappa shape index (κ1) is 16.8. The molecule has 0 unspecified atom stereocenters. The Balaban J connectivity index is 1.78. The summed E-state index contributed by atoms with van der Waals surface area (Å²) in [6.07, 6.45) is 1.33. The number of thiazole rings is 1. The highest BCUT2D eigenvalue weighted by Gasteiger charge is 2.17. The van der Waals surface area contributed by atoms with E-state index in [9.17, 15) is 14.4 Å². The smallest absolute Gasteiger partial charge is 0.357 e. The van der Waals surface area contributed by atoms with Gasteiger partial charge in [0.15, 0.2) is 10.8 Å². The second kappa shape index (κ2) is 6.81. The standard InChI is InChI=1S/C16H14N4O4S/c1-9-13(15(23)24-2)19-16(25-9)18-12(21)7-20-8-17-11-6-4-3-5-10(11)14(20)22/h3-6,8H,7H2,1-2H3,(H,18,19,21). The van der Waals surface area contributed by atoms with Crippen LogP contribution in [0, 0.1) is 6.92 Å². The van der Waals surface area contributed by atoms with E-state index in [1.807, 2.05) is 0 Å². The molecular weight excluding hydrogens is 344 g/mol. The molecular formula is C16H14N4O4S. The second-order valence-corrected chi connectivity index (χ2v) is 6.36. The number of benzene rings is 1. The van der Waals surface area contributed by atoms with E-state index in [-0.39, 0.29) is 22.9 Å². The summed E-state index contributed by atoms with van der Waals surface area (Å²) in [4.78, 5) is 44.9. The third kappa shape index (κ3) is 3.41. The van der Waals surface area contributed by atoms with E-state index in [4.69, 9.17) is 0 Å². The maximum Gasteiger partial charge on any atom is 0.357 e. The van der Waals surface area contributed by atoms with Gasteiger partial charge in [-0.1, -0.05) is 12.1 Å². The molecule has 25 heavy (non-hydrogen) atoms. The Bertz CT molecular complexity index is 1020. The predicted molar refractivity (Wildman–Crippen MR) is 92.8 cm³/mol. The minimum absolute atomic E-state index is 0.160. The lowest BCUT2D eigenvalue weighted by Crippen LogP contribution is -2.27. The van der Waals surface area contributed by atoms with Crippen LogP contribution in [0.3, 0.4) is 0 Å². The molecule has 0 atom stereocenters. The van der Waals surface area contributed by atoms with E-state index in [0.29, 0.717) is 15.8 Å². The minimum Gasteiger partial charge on any atom is -0.464 e. The van der Waals surface area contributed by atoms with Crippen molar-refractivity contribution >= 4 is 39.2 Å². The Morgan fingerprint density at radius 2 is 2.08 bits per heavy atom. The van der Waals surface area contributed by atoms with Crippen LogP contribution in [0.1, 0.15) is 15.4 Å². The summed E-state index contributed by atoms with van der Waals surface area (Å²) in [5, 5.41) is 3.29. The Hall–Kier alpha value is -3.07. The van der Waals surface area contributed by atoms with Crippen LogP contribution in [0.5, 0.6) is 0 Å². The molecule has 0 saturated carbocycles. The van der Waals surface area contributed by atoms with Gasteiger partial charge in [-0.15, -0.1) is 11.3 Å². The van der Waals surface area contributed by atoms with Crippen LogP contribution in [-0.4, -0.2) is 33.5 Å². The quantitative estimate of drug-likeness (QED) is 0.711. The number of ether oxygens (including phenoxy) is 1. The number of hydrogen-bond donors (Lipinski definition) is 1. The van der Waals surface area contributed by atoms with Gasteiger partial charge in [0, 0.05) is 4.88 Å². The number of amides is 1. The number of para-hydroxylation sites is 1. The van der Waals surface area contributed by atoms with E-state index in [1.165, 1.54) is 18.0 Å². The van der Waals surface area contributed by atoms with Gasteiger partial charge in [-0.25, -0.2) is 14.8 Å². The van der Waals surface area contributed by atoms with E-state index >= 15 is 0 Å². The fourth-order valence-corrected chi connectivity index (χ4v) is 3.09. The first-order valence-corrected chi connectivity index (χ1v) is 8.11. The first-order chi connectivity index (χ1) is 12.0. The molecule has 0 radical (unpaired) electrons. The van der Waals surface area contributed by atoms with E-state index in [0.717, 1.165) is 11.3 Å². The number of hydrogen-bond acceptors (Lipinski definition) is 7. The van der Waals surface area contributed by atoms with Gasteiger partial charge in [0.1, 0.15) is 6.54 Å². The fraction of sp³-hybridized carbons (Fsp3) is 0.188. The fourth-order valence-electron chi connectivity index (χ4n) is 2.27. The van der Waals surface area contributed by atoms with Crippen LogP contribution in [0.25, 0.3) is 10.9 Å². The number of anilines is 1. The number of esters is 1. The van der Waals surface area contributed by atoms with Crippen molar-refractivity contribution < 1.29 is 14.3 Å². The van der Waals surface area contributed by atoms with Crippen LogP contribution >= 0.6 is 11.3 Å². The molecule has 2 heterocycles. The molecule has 2 aromatic heterocycles. The van der Waals surface area contributed by atoms with Crippen molar-refractivity contribution in [1.82, 2.24) is 14.5 Å². The molecule has 1 amide bonds. The van der Waals surface area contributed by atoms with Crippen molar-refractivity contribution in [2.45, 2.75) is 13.5 Å². The highest BCUT2D eigenvalue weighted by atomic mass is 32.1. The van der Waals surface area contributed by atoms with Gasteiger partial charge in [-0.3, -0.25) is 14.2 Å². The zero-order chi connectivity index (χ0) is 18.0. The number of rotatable bonds is 4. The third-order valence-corrected chi connectivity index (χ3v) is 4.35. The van der Waals surface area contributed by atoms with Crippen LogP contribution in [0.15, 0.2) is 35.4 Å². The van der Waals surface area contributed by atoms with Crippen molar-refractivity contribution in [2.75, 3.05) is 12.4 Å². The van der Waals surface area contributed by atoms with E-state index in [2.05, 4.69) is 20.0 Å². The molecule has 0 aliphatic carbocycles. The molecule has 0 spiro atoms. The zero-order valence-electron chi connectivity index (χ0n) is 13.5. The topological polar surface area (TPSA) is 103 Å². The van der Waals surface area contributed by atoms with Gasteiger partial charge in [0.25, 0.3) is 5.56 Å². The molecule has 1 N–H and O–H groups in total. The molecule has 0 bridgehead atoms. The van der Waals surface area contributed by atoms with Gasteiger partial charge in [-0.2, -0.15) is 0 Å². The minimum atomic E-state index is -0.566. The average molecular weight is 358 g/mol. The molecule has 9 heteroatoms. The lowest BCUT2D eigenvalue weighted by molar-refractivity contribution is -0.116. The maximum atomic E-state index is 12.4. The highest BCUT2D eigenvalue weighted by Crippen LogP contribution is 2.22. The van der Waals surface area contributed by atoms with Crippen LogP contribution in [-0.2, 0) is 16.1 Å². The second-order valence-electron chi connectivity index (χ2n) is 5.16. The van der Waals surface area contributed by atoms with Crippen LogP contribution in [0.4, 0.5) is 5.13 Å². The molecule has 0 aliphatic heterocycles. The number of nitrogens with one attached hydrogen (secondary N) is 1. The molecule has 3 rings (SSSR count). The third-order valence-electron chi connectivity index (χ3n) is 3.47. The molecule has 128 valence electrons. The number of nitrogens with zero attached hydrogens (tertiary/aromatic N) is 3. The van der Waals surface area contributed by atoms with Crippen molar-refractivity contribution in [3.05, 3.63) is 51.5 Å². The summed E-state index contributed by atoms with van der Waals surface area (Å²) >= 11 is 1.16. The van der Waals surface area contributed by atoms with Gasteiger partial charge in [-0.05, 0) is 19.1 Å². The largest absolute Gasteiger partial charge is 0.464 e. The summed E-state index contributed by atoms with van der Waals surface area (Å²) < 4.78 is 5.85. The summed E-state index contributed by atoms with van der Waals surface area (Å²) in [5.41, 5.74) is 0.432. The molecule has 8 nitrogen and oxygen atoms in total. The Morgan fingerprint density at radius 1 is 1.32 bits per heavy atom. The Kier molecular flexibility index (Phi) is 4.57. The van der Waals surface area contributed by atoms with Gasteiger partial charge >= 0.3 is 5.97 Å².